The monoisotopic (exact) mass is 373 g/mol. The van der Waals surface area contributed by atoms with Crippen LogP contribution in [0.15, 0.2) is 42.6 Å². The number of benzene rings is 1. The zero-order valence-electron chi connectivity index (χ0n) is 14.7. The molecule has 2 amide bonds. The lowest BCUT2D eigenvalue weighted by atomic mass is 10.1. The van der Waals surface area contributed by atoms with Crippen molar-refractivity contribution in [3.63, 3.8) is 0 Å². The number of urea groups is 1. The molecule has 0 unspecified atom stereocenters. The summed E-state index contributed by atoms with van der Waals surface area (Å²) in [7, 11) is 0. The molecule has 1 fully saturated rings. The third-order valence-electron chi connectivity index (χ3n) is 4.50. The molecule has 1 aromatic carbocycles. The number of rotatable bonds is 5. The number of anilines is 1. The summed E-state index contributed by atoms with van der Waals surface area (Å²) in [6.07, 6.45) is 8.56. The van der Waals surface area contributed by atoms with Gasteiger partial charge in [-0.3, -0.25) is 5.32 Å². The Labute approximate surface area is 159 Å². The Morgan fingerprint density at radius 2 is 1.85 bits per heavy atom. The number of halogens is 1. The van der Waals surface area contributed by atoms with E-state index in [1.54, 1.807) is 18.3 Å². The Morgan fingerprint density at radius 1 is 1.12 bits per heavy atom. The van der Waals surface area contributed by atoms with Gasteiger partial charge in [-0.05, 0) is 42.7 Å². The van der Waals surface area contributed by atoms with E-state index in [-0.39, 0.29) is 12.1 Å². The van der Waals surface area contributed by atoms with Crippen molar-refractivity contribution in [3.05, 3.63) is 53.2 Å². The van der Waals surface area contributed by atoms with Crippen LogP contribution in [-0.2, 0) is 6.61 Å². The second kappa shape index (κ2) is 9.43. The van der Waals surface area contributed by atoms with Gasteiger partial charge in [0.2, 0.25) is 0 Å². The first-order chi connectivity index (χ1) is 12.7. The van der Waals surface area contributed by atoms with Gasteiger partial charge in [0.05, 0.1) is 0 Å². The number of amides is 2. The van der Waals surface area contributed by atoms with Crippen molar-refractivity contribution in [2.24, 2.45) is 0 Å². The predicted octanol–water partition coefficient (Wildman–Crippen LogP) is 5.16. The summed E-state index contributed by atoms with van der Waals surface area (Å²) in [5.74, 6) is 0.964. The van der Waals surface area contributed by atoms with Gasteiger partial charge < -0.3 is 10.1 Å². The van der Waals surface area contributed by atoms with E-state index in [0.717, 1.165) is 18.4 Å². The number of nitrogens with zero attached hydrogens (tertiary/aromatic N) is 1. The van der Waals surface area contributed by atoms with Crippen molar-refractivity contribution in [2.75, 3.05) is 5.32 Å². The molecule has 0 bridgehead atoms. The molecule has 6 heteroatoms. The zero-order valence-corrected chi connectivity index (χ0v) is 15.5. The van der Waals surface area contributed by atoms with Crippen LogP contribution in [0.4, 0.5) is 10.6 Å². The molecule has 138 valence electrons. The Balaban J connectivity index is 1.57. The van der Waals surface area contributed by atoms with Crippen LogP contribution < -0.4 is 15.4 Å². The number of nitrogens with one attached hydrogen (secondary N) is 2. The van der Waals surface area contributed by atoms with E-state index in [2.05, 4.69) is 15.6 Å². The maximum Gasteiger partial charge on any atom is 0.320 e. The largest absolute Gasteiger partial charge is 0.485 e. The first-order valence-corrected chi connectivity index (χ1v) is 9.48. The molecule has 1 aliphatic carbocycles. The highest BCUT2D eigenvalue weighted by Crippen LogP contribution is 2.23. The lowest BCUT2D eigenvalue weighted by molar-refractivity contribution is 0.246. The molecule has 5 nitrogen and oxygen atoms in total. The Hall–Kier alpha value is -2.27. The zero-order chi connectivity index (χ0) is 18.2. The molecule has 2 aromatic rings. The van der Waals surface area contributed by atoms with Crippen molar-refractivity contribution >= 4 is 23.4 Å². The summed E-state index contributed by atoms with van der Waals surface area (Å²) in [5, 5.41) is 6.56. The highest BCUT2D eigenvalue weighted by molar-refractivity contribution is 6.30. The number of carbonyl (C=O) groups excluding carboxylic acids is 1. The molecule has 0 spiro atoms. The Bertz CT molecular complexity index is 713. The fraction of sp³-hybridized carbons (Fsp3) is 0.400. The minimum Gasteiger partial charge on any atom is -0.485 e. The average molecular weight is 374 g/mol. The topological polar surface area (TPSA) is 63.2 Å². The Morgan fingerprint density at radius 3 is 2.58 bits per heavy atom. The quantitative estimate of drug-likeness (QED) is 0.711. The van der Waals surface area contributed by atoms with Crippen molar-refractivity contribution in [1.29, 1.82) is 0 Å². The Kier molecular flexibility index (Phi) is 6.72. The number of hydrogen-bond acceptors (Lipinski definition) is 3. The number of carbonyl (C=O) groups is 1. The second-order valence-corrected chi connectivity index (χ2v) is 6.99. The summed E-state index contributed by atoms with van der Waals surface area (Å²) < 4.78 is 5.83. The van der Waals surface area contributed by atoms with Gasteiger partial charge >= 0.3 is 6.03 Å². The SMILES string of the molecule is O=C(Nc1ncccc1OCc1ccc(Cl)cc1)NC1CCCCCC1. The highest BCUT2D eigenvalue weighted by Gasteiger charge is 2.16. The normalized spacial score (nSPS) is 15.1. The summed E-state index contributed by atoms with van der Waals surface area (Å²) >= 11 is 5.90. The van der Waals surface area contributed by atoms with E-state index in [1.807, 2.05) is 24.3 Å². The highest BCUT2D eigenvalue weighted by atomic mass is 35.5. The van der Waals surface area contributed by atoms with Gasteiger partial charge in [-0.25, -0.2) is 9.78 Å². The summed E-state index contributed by atoms with van der Waals surface area (Å²) in [6, 6.07) is 11.0. The first-order valence-electron chi connectivity index (χ1n) is 9.10. The van der Waals surface area contributed by atoms with Crippen LogP contribution in [-0.4, -0.2) is 17.1 Å². The second-order valence-electron chi connectivity index (χ2n) is 6.55. The molecular formula is C20H24ClN3O2. The van der Waals surface area contributed by atoms with Crippen LogP contribution in [0, 0.1) is 0 Å². The first kappa shape index (κ1) is 18.5. The maximum absolute atomic E-state index is 12.3. The minimum atomic E-state index is -0.230. The lowest BCUT2D eigenvalue weighted by Gasteiger charge is -2.17. The van der Waals surface area contributed by atoms with Gasteiger partial charge in [-0.2, -0.15) is 0 Å². The molecule has 26 heavy (non-hydrogen) atoms. The maximum atomic E-state index is 12.3. The third-order valence-corrected chi connectivity index (χ3v) is 4.75. The van der Waals surface area contributed by atoms with Crippen LogP contribution in [0.5, 0.6) is 5.75 Å². The molecule has 3 rings (SSSR count). The molecule has 1 heterocycles. The number of pyridine rings is 1. The minimum absolute atomic E-state index is 0.230. The molecule has 0 aliphatic heterocycles. The fourth-order valence-corrected chi connectivity index (χ4v) is 3.22. The number of aromatic nitrogens is 1. The molecule has 1 aromatic heterocycles. The van der Waals surface area contributed by atoms with Crippen molar-refractivity contribution < 1.29 is 9.53 Å². The van der Waals surface area contributed by atoms with Gasteiger partial charge in [0, 0.05) is 17.3 Å². The van der Waals surface area contributed by atoms with Crippen LogP contribution in [0.2, 0.25) is 5.02 Å². The van der Waals surface area contributed by atoms with Gasteiger partial charge in [0.15, 0.2) is 11.6 Å². The molecule has 1 aliphatic rings. The van der Waals surface area contributed by atoms with E-state index in [9.17, 15) is 4.79 Å². The molecule has 0 saturated heterocycles. The standard InChI is InChI=1S/C20H24ClN3O2/c21-16-11-9-15(10-12-16)14-26-18-8-5-13-22-19(18)24-20(25)23-17-6-3-1-2-4-7-17/h5,8-13,17H,1-4,6-7,14H2,(H2,22,23,24,25). The number of hydrogen-bond donors (Lipinski definition) is 2. The summed E-state index contributed by atoms with van der Waals surface area (Å²) in [4.78, 5) is 16.6. The third kappa shape index (κ3) is 5.63. The van der Waals surface area contributed by atoms with Crippen molar-refractivity contribution in [1.82, 2.24) is 10.3 Å². The van der Waals surface area contributed by atoms with Crippen LogP contribution in [0.1, 0.15) is 44.1 Å². The van der Waals surface area contributed by atoms with Crippen LogP contribution >= 0.6 is 11.6 Å². The van der Waals surface area contributed by atoms with Gasteiger partial charge in [0.25, 0.3) is 0 Å². The summed E-state index contributed by atoms with van der Waals surface area (Å²) in [5.41, 5.74) is 0.993. The summed E-state index contributed by atoms with van der Waals surface area (Å²) in [6.45, 7) is 0.377. The van der Waals surface area contributed by atoms with Crippen molar-refractivity contribution in [2.45, 2.75) is 51.2 Å². The van der Waals surface area contributed by atoms with Crippen LogP contribution in [0.3, 0.4) is 0 Å². The van der Waals surface area contributed by atoms with Gasteiger partial charge in [0.1, 0.15) is 6.61 Å². The number of ether oxygens (including phenoxy) is 1. The van der Waals surface area contributed by atoms with E-state index in [0.29, 0.717) is 23.2 Å². The average Bonchev–Trinajstić information content (AvgIpc) is 2.91. The van der Waals surface area contributed by atoms with E-state index in [4.69, 9.17) is 16.3 Å². The lowest BCUT2D eigenvalue weighted by Crippen LogP contribution is -2.37. The smallest absolute Gasteiger partial charge is 0.320 e. The van der Waals surface area contributed by atoms with E-state index in [1.165, 1.54) is 25.7 Å². The van der Waals surface area contributed by atoms with E-state index >= 15 is 0 Å². The van der Waals surface area contributed by atoms with Crippen molar-refractivity contribution in [3.8, 4) is 5.75 Å². The molecule has 1 saturated carbocycles. The van der Waals surface area contributed by atoms with E-state index < -0.39 is 0 Å². The molecular weight excluding hydrogens is 350 g/mol. The molecule has 0 radical (unpaired) electrons. The van der Waals surface area contributed by atoms with Gasteiger partial charge in [-0.15, -0.1) is 0 Å². The van der Waals surface area contributed by atoms with Crippen LogP contribution in [0.25, 0.3) is 0 Å². The molecule has 0 atom stereocenters. The molecule has 2 N–H and O–H groups in total. The van der Waals surface area contributed by atoms with Gasteiger partial charge in [-0.1, -0.05) is 49.4 Å². The fourth-order valence-electron chi connectivity index (χ4n) is 3.10. The predicted molar refractivity (Wildman–Crippen MR) is 104 cm³/mol.